The molecule has 0 heterocycles. The van der Waals surface area contributed by atoms with E-state index in [-0.39, 0.29) is 30.1 Å². The molecule has 0 bridgehead atoms. The summed E-state index contributed by atoms with van der Waals surface area (Å²) in [5.41, 5.74) is 0.770. The minimum Gasteiger partial charge on any atom is -0.355 e. The van der Waals surface area contributed by atoms with Gasteiger partial charge in [-0.2, -0.15) is 0 Å². The highest BCUT2D eigenvalue weighted by Gasteiger charge is 2.30. The van der Waals surface area contributed by atoms with Gasteiger partial charge in [0.1, 0.15) is 6.04 Å². The van der Waals surface area contributed by atoms with E-state index in [0.29, 0.717) is 28.6 Å². The van der Waals surface area contributed by atoms with Crippen molar-refractivity contribution in [3.8, 4) is 0 Å². The molecule has 1 N–H and O–H groups in total. The fraction of sp³-hybridized carbons (Fsp3) is 0.333. The van der Waals surface area contributed by atoms with E-state index in [9.17, 15) is 19.7 Å². The van der Waals surface area contributed by atoms with Gasteiger partial charge in [0.2, 0.25) is 11.8 Å². The molecule has 0 spiro atoms. The second-order valence-electron chi connectivity index (χ2n) is 6.64. The highest BCUT2D eigenvalue weighted by molar-refractivity contribution is 6.35. The first-order chi connectivity index (χ1) is 14.3. The molecule has 30 heavy (non-hydrogen) atoms. The van der Waals surface area contributed by atoms with E-state index in [1.165, 1.54) is 17.0 Å². The van der Waals surface area contributed by atoms with Crippen LogP contribution in [0.25, 0.3) is 0 Å². The third kappa shape index (κ3) is 5.93. The molecule has 160 valence electrons. The monoisotopic (exact) mass is 451 g/mol. The van der Waals surface area contributed by atoms with Gasteiger partial charge in [-0.3, -0.25) is 19.7 Å². The van der Waals surface area contributed by atoms with E-state index < -0.39 is 16.9 Å². The average molecular weight is 452 g/mol. The summed E-state index contributed by atoms with van der Waals surface area (Å²) in [6, 6.07) is 10.2. The largest absolute Gasteiger partial charge is 0.355 e. The lowest BCUT2D eigenvalue weighted by Gasteiger charge is -2.31. The molecule has 2 aromatic rings. The van der Waals surface area contributed by atoms with Crippen molar-refractivity contribution < 1.29 is 14.5 Å². The number of nitrogens with zero attached hydrogens (tertiary/aromatic N) is 2. The van der Waals surface area contributed by atoms with E-state index in [2.05, 4.69) is 5.32 Å². The topological polar surface area (TPSA) is 92.6 Å². The van der Waals surface area contributed by atoms with Crippen molar-refractivity contribution >= 4 is 40.7 Å². The summed E-state index contributed by atoms with van der Waals surface area (Å²) in [5, 5.41) is 14.9. The van der Waals surface area contributed by atoms with Crippen molar-refractivity contribution in [2.75, 3.05) is 6.54 Å². The van der Waals surface area contributed by atoms with Crippen LogP contribution in [0.4, 0.5) is 5.69 Å². The van der Waals surface area contributed by atoms with Crippen molar-refractivity contribution in [1.29, 1.82) is 0 Å². The smallest absolute Gasteiger partial charge is 0.273 e. The van der Waals surface area contributed by atoms with Crippen molar-refractivity contribution in [1.82, 2.24) is 10.2 Å². The van der Waals surface area contributed by atoms with Gasteiger partial charge in [0.05, 0.1) is 11.3 Å². The summed E-state index contributed by atoms with van der Waals surface area (Å²) in [6.07, 6.45) is 0.165. The zero-order valence-electron chi connectivity index (χ0n) is 16.7. The third-order valence-corrected chi connectivity index (χ3v) is 5.21. The van der Waals surface area contributed by atoms with Crippen LogP contribution in [0.1, 0.15) is 31.4 Å². The van der Waals surface area contributed by atoms with Crippen molar-refractivity contribution in [3.63, 3.8) is 0 Å². The summed E-state index contributed by atoms with van der Waals surface area (Å²) in [4.78, 5) is 38.0. The van der Waals surface area contributed by atoms with Crippen molar-refractivity contribution in [2.45, 2.75) is 39.3 Å². The fourth-order valence-corrected chi connectivity index (χ4v) is 3.62. The fourth-order valence-electron chi connectivity index (χ4n) is 3.15. The van der Waals surface area contributed by atoms with Crippen LogP contribution in [0.15, 0.2) is 42.5 Å². The minimum absolute atomic E-state index is 0.0745. The molecular formula is C21H23Cl2N3O4. The number of nitro benzene ring substituents is 1. The van der Waals surface area contributed by atoms with Crippen LogP contribution in [0.2, 0.25) is 10.0 Å². The van der Waals surface area contributed by atoms with Crippen LogP contribution in [-0.4, -0.2) is 34.2 Å². The molecule has 0 unspecified atom stereocenters. The summed E-state index contributed by atoms with van der Waals surface area (Å²) >= 11 is 12.2. The highest BCUT2D eigenvalue weighted by atomic mass is 35.5. The van der Waals surface area contributed by atoms with Gasteiger partial charge in [-0.1, -0.05) is 54.4 Å². The lowest BCUT2D eigenvalue weighted by molar-refractivity contribution is -0.385. The van der Waals surface area contributed by atoms with E-state index in [1.807, 2.05) is 0 Å². The Morgan fingerprint density at radius 2 is 1.83 bits per heavy atom. The molecule has 0 aliphatic rings. The molecule has 0 radical (unpaired) electrons. The molecule has 0 aromatic heterocycles. The van der Waals surface area contributed by atoms with Gasteiger partial charge < -0.3 is 10.2 Å². The van der Waals surface area contributed by atoms with Gasteiger partial charge in [-0.05, 0) is 31.0 Å². The normalized spacial score (nSPS) is 11.6. The predicted molar refractivity (Wildman–Crippen MR) is 117 cm³/mol. The lowest BCUT2D eigenvalue weighted by Crippen LogP contribution is -2.49. The number of carbonyl (C=O) groups is 2. The lowest BCUT2D eigenvalue weighted by atomic mass is 10.1. The third-order valence-electron chi connectivity index (χ3n) is 4.62. The first-order valence-electron chi connectivity index (χ1n) is 9.51. The van der Waals surface area contributed by atoms with Gasteiger partial charge >= 0.3 is 0 Å². The number of carbonyl (C=O) groups excluding carboxylic acids is 2. The standard InChI is InChI=1S/C21H23Cl2N3O4/c1-3-18(21(28)24-4-2)25(13-15-9-10-16(22)12-17(15)23)20(27)11-14-7-5-6-8-19(14)26(29)30/h5-10,12,18H,3-4,11,13H2,1-2H3,(H,24,28)/t18-/m0/s1. The van der Waals surface area contributed by atoms with Gasteiger partial charge in [0.25, 0.3) is 5.69 Å². The summed E-state index contributed by atoms with van der Waals surface area (Å²) in [5.74, 6) is -0.700. The quantitative estimate of drug-likeness (QED) is 0.451. The summed E-state index contributed by atoms with van der Waals surface area (Å²) in [7, 11) is 0. The van der Waals surface area contributed by atoms with Gasteiger partial charge in [-0.25, -0.2) is 0 Å². The van der Waals surface area contributed by atoms with Gasteiger partial charge in [0, 0.05) is 34.8 Å². The number of hydrogen-bond acceptors (Lipinski definition) is 4. The molecule has 0 saturated carbocycles. The minimum atomic E-state index is -0.744. The van der Waals surface area contributed by atoms with Gasteiger partial charge in [-0.15, -0.1) is 0 Å². The van der Waals surface area contributed by atoms with E-state index in [0.717, 1.165) is 0 Å². The Labute approximate surface area is 185 Å². The van der Waals surface area contributed by atoms with E-state index in [1.54, 1.807) is 44.2 Å². The average Bonchev–Trinajstić information content (AvgIpc) is 2.69. The summed E-state index contributed by atoms with van der Waals surface area (Å²) in [6.45, 7) is 4.09. The molecule has 2 aromatic carbocycles. The highest BCUT2D eigenvalue weighted by Crippen LogP contribution is 2.25. The number of amides is 2. The van der Waals surface area contributed by atoms with Crippen LogP contribution in [0.3, 0.4) is 0 Å². The molecule has 0 saturated heterocycles. The molecule has 2 amide bonds. The number of halogens is 2. The maximum absolute atomic E-state index is 13.2. The van der Waals surface area contributed by atoms with E-state index in [4.69, 9.17) is 23.2 Å². The predicted octanol–water partition coefficient (Wildman–Crippen LogP) is 4.39. The van der Waals surface area contributed by atoms with E-state index >= 15 is 0 Å². The number of rotatable bonds is 9. The number of hydrogen-bond donors (Lipinski definition) is 1. The number of nitro groups is 1. The Balaban J connectivity index is 2.40. The maximum Gasteiger partial charge on any atom is 0.273 e. The zero-order chi connectivity index (χ0) is 22.3. The number of para-hydroxylation sites is 1. The second-order valence-corrected chi connectivity index (χ2v) is 7.48. The number of benzene rings is 2. The Morgan fingerprint density at radius 1 is 1.13 bits per heavy atom. The Kier molecular flexibility index (Phi) is 8.62. The van der Waals surface area contributed by atoms with Crippen LogP contribution in [0.5, 0.6) is 0 Å². The van der Waals surface area contributed by atoms with Gasteiger partial charge in [0.15, 0.2) is 0 Å². The molecule has 0 aliphatic carbocycles. The maximum atomic E-state index is 13.2. The SMILES string of the molecule is CCNC(=O)[C@H](CC)N(Cc1ccc(Cl)cc1Cl)C(=O)Cc1ccccc1[N+](=O)[O-]. The first-order valence-corrected chi connectivity index (χ1v) is 10.3. The molecule has 1 atom stereocenters. The number of likely N-dealkylation sites (N-methyl/N-ethyl adjacent to an activating group) is 1. The second kappa shape index (κ2) is 10.9. The molecule has 7 nitrogen and oxygen atoms in total. The molecule has 0 aliphatic heterocycles. The molecule has 2 rings (SSSR count). The summed E-state index contributed by atoms with van der Waals surface area (Å²) < 4.78 is 0. The number of nitrogens with one attached hydrogen (secondary N) is 1. The Morgan fingerprint density at radius 3 is 2.43 bits per heavy atom. The van der Waals surface area contributed by atoms with Crippen LogP contribution >= 0.6 is 23.2 Å². The Hall–Kier alpha value is -2.64. The van der Waals surface area contributed by atoms with Crippen molar-refractivity contribution in [2.24, 2.45) is 0 Å². The van der Waals surface area contributed by atoms with Crippen LogP contribution in [0, 0.1) is 10.1 Å². The molecule has 0 fully saturated rings. The van der Waals surface area contributed by atoms with Crippen molar-refractivity contribution in [3.05, 3.63) is 73.8 Å². The zero-order valence-corrected chi connectivity index (χ0v) is 18.2. The molecular weight excluding hydrogens is 429 g/mol. The molecule has 9 heteroatoms. The Bertz CT molecular complexity index is 936. The van der Waals surface area contributed by atoms with Crippen LogP contribution < -0.4 is 5.32 Å². The van der Waals surface area contributed by atoms with Crippen LogP contribution in [-0.2, 0) is 22.6 Å². The first kappa shape index (κ1) is 23.6.